The standard InChI is InChI=1S/C22H20N6O2.C5H10O2/c1-24-18-10-7-16(22(30)28-20-4-2-3-11-25-20)12-19(18)27-21(29)14-26-17-8-5-15(13-23)6-9-17;1-3-5(6)7-4-2/h2-12,24,26H,14H2,1H3,(H,27,29)(H,25,28,30);3-4H2,1-2H3. The Morgan fingerprint density at radius 2 is 1.73 bits per heavy atom. The van der Waals surface area contributed by atoms with Crippen molar-refractivity contribution in [1.29, 1.82) is 5.26 Å². The maximum atomic E-state index is 12.5. The molecule has 10 nitrogen and oxygen atoms in total. The summed E-state index contributed by atoms with van der Waals surface area (Å²) in [6, 6.07) is 19.1. The number of rotatable bonds is 9. The number of esters is 1. The van der Waals surface area contributed by atoms with Gasteiger partial charge in [0.25, 0.3) is 5.91 Å². The molecule has 0 aliphatic carbocycles. The third-order valence-corrected chi connectivity index (χ3v) is 4.79. The normalized spacial score (nSPS) is 9.57. The third-order valence-electron chi connectivity index (χ3n) is 4.79. The van der Waals surface area contributed by atoms with Gasteiger partial charge < -0.3 is 26.0 Å². The molecule has 0 radical (unpaired) electrons. The first-order chi connectivity index (χ1) is 17.9. The van der Waals surface area contributed by atoms with Gasteiger partial charge in [0, 0.05) is 30.9 Å². The van der Waals surface area contributed by atoms with Crippen LogP contribution >= 0.6 is 0 Å². The molecule has 1 heterocycles. The molecular formula is C27H30N6O4. The molecule has 0 saturated carbocycles. The molecule has 0 aliphatic heterocycles. The van der Waals surface area contributed by atoms with Crippen LogP contribution in [0.15, 0.2) is 66.9 Å². The lowest BCUT2D eigenvalue weighted by atomic mass is 10.1. The molecule has 2 aromatic carbocycles. The van der Waals surface area contributed by atoms with Crippen molar-refractivity contribution < 1.29 is 19.1 Å². The van der Waals surface area contributed by atoms with Gasteiger partial charge in [0.15, 0.2) is 0 Å². The zero-order chi connectivity index (χ0) is 27.0. The number of nitriles is 1. The Balaban J connectivity index is 0.000000604. The van der Waals surface area contributed by atoms with E-state index in [9.17, 15) is 14.4 Å². The van der Waals surface area contributed by atoms with Gasteiger partial charge in [-0.05, 0) is 61.5 Å². The molecule has 192 valence electrons. The third kappa shape index (κ3) is 9.70. The first kappa shape index (κ1) is 28.3. The van der Waals surface area contributed by atoms with Crippen LogP contribution in [0.2, 0.25) is 0 Å². The molecule has 10 heteroatoms. The highest BCUT2D eigenvalue weighted by Crippen LogP contribution is 2.23. The molecule has 37 heavy (non-hydrogen) atoms. The lowest BCUT2D eigenvalue weighted by Gasteiger charge is -2.13. The van der Waals surface area contributed by atoms with E-state index in [-0.39, 0.29) is 24.3 Å². The molecule has 0 unspecified atom stereocenters. The average Bonchev–Trinajstić information content (AvgIpc) is 2.93. The summed E-state index contributed by atoms with van der Waals surface area (Å²) in [7, 11) is 1.73. The van der Waals surface area contributed by atoms with Gasteiger partial charge in [0.05, 0.1) is 36.2 Å². The summed E-state index contributed by atoms with van der Waals surface area (Å²) < 4.78 is 4.55. The molecule has 0 fully saturated rings. The molecule has 3 aromatic rings. The molecule has 0 atom stereocenters. The monoisotopic (exact) mass is 502 g/mol. The van der Waals surface area contributed by atoms with E-state index in [2.05, 4.69) is 31.0 Å². The number of nitrogens with zero attached hydrogens (tertiary/aromatic N) is 2. The van der Waals surface area contributed by atoms with Crippen molar-refractivity contribution in [2.24, 2.45) is 0 Å². The van der Waals surface area contributed by atoms with Gasteiger partial charge in [-0.15, -0.1) is 0 Å². The second-order valence-electron chi connectivity index (χ2n) is 7.43. The van der Waals surface area contributed by atoms with E-state index in [0.717, 1.165) is 5.69 Å². The van der Waals surface area contributed by atoms with E-state index in [1.165, 1.54) is 0 Å². The van der Waals surface area contributed by atoms with Crippen molar-refractivity contribution in [3.63, 3.8) is 0 Å². The molecule has 4 N–H and O–H groups in total. The van der Waals surface area contributed by atoms with E-state index in [0.29, 0.717) is 41.3 Å². The Morgan fingerprint density at radius 3 is 2.30 bits per heavy atom. The van der Waals surface area contributed by atoms with Crippen LogP contribution in [0, 0.1) is 11.3 Å². The van der Waals surface area contributed by atoms with Crippen molar-refractivity contribution in [3.8, 4) is 6.07 Å². The molecule has 0 spiro atoms. The van der Waals surface area contributed by atoms with Crippen LogP contribution in [0.5, 0.6) is 0 Å². The number of anilines is 4. The highest BCUT2D eigenvalue weighted by molar-refractivity contribution is 6.06. The van der Waals surface area contributed by atoms with Gasteiger partial charge >= 0.3 is 5.97 Å². The van der Waals surface area contributed by atoms with E-state index in [1.807, 2.05) is 6.07 Å². The highest BCUT2D eigenvalue weighted by atomic mass is 16.5. The summed E-state index contributed by atoms with van der Waals surface area (Å²) in [5.41, 5.74) is 2.81. The molecule has 0 saturated heterocycles. The summed E-state index contributed by atoms with van der Waals surface area (Å²) in [4.78, 5) is 39.1. The molecule has 3 rings (SSSR count). The SMILES string of the molecule is CCOC(=O)CC.CNc1ccc(C(=O)Nc2ccccn2)cc1NC(=O)CNc1ccc(C#N)cc1. The second-order valence-corrected chi connectivity index (χ2v) is 7.43. The molecule has 0 aliphatic rings. The van der Waals surface area contributed by atoms with Gasteiger partial charge in [-0.3, -0.25) is 14.4 Å². The molecule has 0 bridgehead atoms. The number of nitrogens with one attached hydrogen (secondary N) is 4. The molecular weight excluding hydrogens is 472 g/mol. The van der Waals surface area contributed by atoms with Gasteiger partial charge in [-0.2, -0.15) is 5.26 Å². The minimum absolute atomic E-state index is 0.0272. The maximum absolute atomic E-state index is 12.5. The van der Waals surface area contributed by atoms with Crippen LogP contribution in [0.3, 0.4) is 0 Å². The summed E-state index contributed by atoms with van der Waals surface area (Å²) >= 11 is 0. The fraction of sp³-hybridized carbons (Fsp3) is 0.222. The number of ether oxygens (including phenoxy) is 1. The van der Waals surface area contributed by atoms with Gasteiger partial charge in [-0.25, -0.2) is 4.98 Å². The Hall–Kier alpha value is -4.91. The Morgan fingerprint density at radius 1 is 0.973 bits per heavy atom. The lowest BCUT2D eigenvalue weighted by Crippen LogP contribution is -2.22. The number of amides is 2. The smallest absolute Gasteiger partial charge is 0.305 e. The quantitative estimate of drug-likeness (QED) is 0.318. The molecule has 1 aromatic heterocycles. The second kappa shape index (κ2) is 15.2. The van der Waals surface area contributed by atoms with Gasteiger partial charge in [0.1, 0.15) is 5.82 Å². The Kier molecular flexibility index (Phi) is 11.6. The van der Waals surface area contributed by atoms with E-state index in [4.69, 9.17) is 5.26 Å². The minimum atomic E-state index is -0.331. The largest absolute Gasteiger partial charge is 0.466 e. The number of benzene rings is 2. The van der Waals surface area contributed by atoms with Crippen molar-refractivity contribution in [3.05, 3.63) is 78.0 Å². The Bertz CT molecular complexity index is 1220. The topological polar surface area (TPSA) is 145 Å². The number of hydrogen-bond acceptors (Lipinski definition) is 8. The van der Waals surface area contributed by atoms with Crippen molar-refractivity contribution in [1.82, 2.24) is 4.98 Å². The number of hydrogen-bond donors (Lipinski definition) is 4. The van der Waals surface area contributed by atoms with Crippen molar-refractivity contribution in [2.75, 3.05) is 41.5 Å². The van der Waals surface area contributed by atoms with Crippen LogP contribution in [0.1, 0.15) is 36.2 Å². The van der Waals surface area contributed by atoms with Crippen LogP contribution in [-0.4, -0.2) is 43.0 Å². The zero-order valence-corrected chi connectivity index (χ0v) is 21.0. The fourth-order valence-corrected chi connectivity index (χ4v) is 2.93. The fourth-order valence-electron chi connectivity index (χ4n) is 2.93. The lowest BCUT2D eigenvalue weighted by molar-refractivity contribution is -0.142. The maximum Gasteiger partial charge on any atom is 0.305 e. The summed E-state index contributed by atoms with van der Waals surface area (Å²) in [5.74, 6) is -0.291. The highest BCUT2D eigenvalue weighted by Gasteiger charge is 2.12. The van der Waals surface area contributed by atoms with E-state index >= 15 is 0 Å². The number of carbonyl (C=O) groups excluding carboxylic acids is 3. The van der Waals surface area contributed by atoms with Crippen molar-refractivity contribution >= 4 is 40.7 Å². The number of aromatic nitrogens is 1. The van der Waals surface area contributed by atoms with Gasteiger partial charge in [-0.1, -0.05) is 13.0 Å². The van der Waals surface area contributed by atoms with E-state index in [1.54, 1.807) is 87.8 Å². The average molecular weight is 503 g/mol. The predicted octanol–water partition coefficient (Wildman–Crippen LogP) is 4.26. The van der Waals surface area contributed by atoms with Gasteiger partial charge in [0.2, 0.25) is 5.91 Å². The van der Waals surface area contributed by atoms with E-state index < -0.39 is 0 Å². The first-order valence-corrected chi connectivity index (χ1v) is 11.6. The Labute approximate surface area is 216 Å². The predicted molar refractivity (Wildman–Crippen MR) is 143 cm³/mol. The van der Waals surface area contributed by atoms with Crippen LogP contribution < -0.4 is 21.3 Å². The molecule has 2 amide bonds. The van der Waals surface area contributed by atoms with Crippen molar-refractivity contribution in [2.45, 2.75) is 20.3 Å². The summed E-state index contributed by atoms with van der Waals surface area (Å²) in [5, 5.41) is 20.3. The van der Waals surface area contributed by atoms with Crippen LogP contribution in [0.4, 0.5) is 22.9 Å². The first-order valence-electron chi connectivity index (χ1n) is 11.6. The number of carbonyl (C=O) groups is 3. The minimum Gasteiger partial charge on any atom is -0.466 e. The zero-order valence-electron chi connectivity index (χ0n) is 21.0. The summed E-state index contributed by atoms with van der Waals surface area (Å²) in [6.45, 7) is 4.09. The summed E-state index contributed by atoms with van der Waals surface area (Å²) in [6.07, 6.45) is 2.07. The number of pyridine rings is 1. The van der Waals surface area contributed by atoms with Crippen LogP contribution in [-0.2, 0) is 14.3 Å². The van der Waals surface area contributed by atoms with Crippen LogP contribution in [0.25, 0.3) is 0 Å².